The molecular weight excluding hydrogens is 294 g/mol. The van der Waals surface area contributed by atoms with Crippen molar-refractivity contribution in [2.24, 2.45) is 0 Å². The van der Waals surface area contributed by atoms with Crippen molar-refractivity contribution in [3.8, 4) is 0 Å². The fraction of sp³-hybridized carbons (Fsp3) is 0.308. The predicted octanol–water partition coefficient (Wildman–Crippen LogP) is 1.81. The zero-order valence-electron chi connectivity index (χ0n) is 11.2. The third kappa shape index (κ3) is 3.56. The molecule has 0 unspecified atom stereocenters. The molecule has 0 fully saturated rings. The largest absolute Gasteiger partial charge is 0.398 e. The highest BCUT2D eigenvalue weighted by Crippen LogP contribution is 2.18. The molecule has 0 aliphatic carbocycles. The van der Waals surface area contributed by atoms with E-state index >= 15 is 0 Å². The Hall–Kier alpha value is -1.44. The standard InChI is InChI=1S/C13H17N3O2S2/c1-2-10-3-4-12(7-13(10)14)20(17,18)16-6-5-11-8-19-9-15-11/h3-4,7-9,16H,2,5-6,14H2,1H3. The van der Waals surface area contributed by atoms with Gasteiger partial charge in [-0.25, -0.2) is 18.1 Å². The Morgan fingerprint density at radius 1 is 1.40 bits per heavy atom. The Labute approximate surface area is 122 Å². The van der Waals surface area contributed by atoms with Crippen LogP contribution in [0.2, 0.25) is 0 Å². The molecule has 0 spiro atoms. The molecule has 108 valence electrons. The molecule has 1 heterocycles. The summed E-state index contributed by atoms with van der Waals surface area (Å²) < 4.78 is 26.8. The van der Waals surface area contributed by atoms with Crippen molar-refractivity contribution in [1.82, 2.24) is 9.71 Å². The minimum Gasteiger partial charge on any atom is -0.398 e. The van der Waals surface area contributed by atoms with Crippen molar-refractivity contribution >= 4 is 27.0 Å². The highest BCUT2D eigenvalue weighted by Gasteiger charge is 2.14. The van der Waals surface area contributed by atoms with E-state index in [4.69, 9.17) is 5.73 Å². The zero-order valence-corrected chi connectivity index (χ0v) is 12.8. The van der Waals surface area contributed by atoms with Gasteiger partial charge in [-0.3, -0.25) is 0 Å². The lowest BCUT2D eigenvalue weighted by Gasteiger charge is -2.09. The number of nitrogens with two attached hydrogens (primary N) is 1. The van der Waals surface area contributed by atoms with Gasteiger partial charge in [0.05, 0.1) is 16.1 Å². The Kier molecular flexibility index (Phi) is 4.74. The number of sulfonamides is 1. The monoisotopic (exact) mass is 311 g/mol. The smallest absolute Gasteiger partial charge is 0.240 e. The second-order valence-electron chi connectivity index (χ2n) is 4.34. The molecule has 3 N–H and O–H groups in total. The summed E-state index contributed by atoms with van der Waals surface area (Å²) in [6, 6.07) is 4.84. The number of anilines is 1. The van der Waals surface area contributed by atoms with E-state index in [0.29, 0.717) is 18.7 Å². The van der Waals surface area contributed by atoms with Gasteiger partial charge in [0, 0.05) is 24.0 Å². The third-order valence-corrected chi connectivity index (χ3v) is 5.06. The van der Waals surface area contributed by atoms with Crippen LogP contribution in [0.3, 0.4) is 0 Å². The molecule has 0 bridgehead atoms. The lowest BCUT2D eigenvalue weighted by atomic mass is 10.1. The maximum absolute atomic E-state index is 12.1. The predicted molar refractivity (Wildman–Crippen MR) is 81.2 cm³/mol. The molecule has 0 saturated heterocycles. The molecule has 0 aliphatic heterocycles. The highest BCUT2D eigenvalue weighted by atomic mass is 32.2. The van der Waals surface area contributed by atoms with Crippen LogP contribution < -0.4 is 10.5 Å². The number of aromatic nitrogens is 1. The van der Waals surface area contributed by atoms with Crippen molar-refractivity contribution < 1.29 is 8.42 Å². The maximum Gasteiger partial charge on any atom is 0.240 e. The molecule has 2 aromatic rings. The summed E-state index contributed by atoms with van der Waals surface area (Å²) in [5.74, 6) is 0. The van der Waals surface area contributed by atoms with E-state index in [2.05, 4.69) is 9.71 Å². The van der Waals surface area contributed by atoms with Crippen LogP contribution in [0.4, 0.5) is 5.69 Å². The molecule has 5 nitrogen and oxygen atoms in total. The fourth-order valence-electron chi connectivity index (χ4n) is 1.82. The first kappa shape index (κ1) is 15.0. The number of hydrogen-bond acceptors (Lipinski definition) is 5. The molecule has 20 heavy (non-hydrogen) atoms. The first-order chi connectivity index (χ1) is 9.53. The minimum absolute atomic E-state index is 0.200. The Morgan fingerprint density at radius 3 is 2.80 bits per heavy atom. The molecule has 0 radical (unpaired) electrons. The molecule has 1 aromatic carbocycles. The van der Waals surface area contributed by atoms with E-state index in [1.165, 1.54) is 17.4 Å². The molecule has 1 aromatic heterocycles. The number of rotatable bonds is 6. The lowest BCUT2D eigenvalue weighted by molar-refractivity contribution is 0.581. The van der Waals surface area contributed by atoms with E-state index in [0.717, 1.165) is 17.7 Å². The number of aryl methyl sites for hydroxylation is 1. The number of benzene rings is 1. The van der Waals surface area contributed by atoms with E-state index in [1.54, 1.807) is 17.6 Å². The van der Waals surface area contributed by atoms with Gasteiger partial charge in [0.2, 0.25) is 10.0 Å². The summed E-state index contributed by atoms with van der Waals surface area (Å²) in [6.45, 7) is 2.30. The molecule has 0 atom stereocenters. The zero-order chi connectivity index (χ0) is 14.6. The molecule has 0 aliphatic rings. The molecule has 0 amide bonds. The molecule has 2 rings (SSSR count). The summed E-state index contributed by atoms with van der Waals surface area (Å²) in [5.41, 5.74) is 9.91. The van der Waals surface area contributed by atoms with Crippen LogP contribution >= 0.6 is 11.3 Å². The molecular formula is C13H17N3O2S2. The van der Waals surface area contributed by atoms with Gasteiger partial charge in [-0.15, -0.1) is 11.3 Å². The van der Waals surface area contributed by atoms with Crippen LogP contribution in [-0.2, 0) is 22.9 Å². The maximum atomic E-state index is 12.1. The minimum atomic E-state index is -3.52. The number of nitrogens with one attached hydrogen (secondary N) is 1. The normalized spacial score (nSPS) is 11.7. The topological polar surface area (TPSA) is 85.1 Å². The fourth-order valence-corrected chi connectivity index (χ4v) is 3.48. The van der Waals surface area contributed by atoms with E-state index in [1.807, 2.05) is 12.3 Å². The molecule has 7 heteroatoms. The van der Waals surface area contributed by atoms with Crippen molar-refractivity contribution in [3.05, 3.63) is 40.3 Å². The van der Waals surface area contributed by atoms with Crippen LogP contribution in [0.15, 0.2) is 34.0 Å². The van der Waals surface area contributed by atoms with E-state index < -0.39 is 10.0 Å². The van der Waals surface area contributed by atoms with Gasteiger partial charge in [0.15, 0.2) is 0 Å². The number of nitrogens with zero attached hydrogens (tertiary/aromatic N) is 1. The van der Waals surface area contributed by atoms with Gasteiger partial charge in [-0.05, 0) is 24.1 Å². The van der Waals surface area contributed by atoms with Crippen molar-refractivity contribution in [2.45, 2.75) is 24.7 Å². The van der Waals surface area contributed by atoms with Gasteiger partial charge >= 0.3 is 0 Å². The van der Waals surface area contributed by atoms with Crippen molar-refractivity contribution in [1.29, 1.82) is 0 Å². The summed E-state index contributed by atoms with van der Waals surface area (Å²) in [5, 5.41) is 1.91. The summed E-state index contributed by atoms with van der Waals surface area (Å²) >= 11 is 1.50. The Balaban J connectivity index is 2.04. The van der Waals surface area contributed by atoms with Gasteiger partial charge in [0.25, 0.3) is 0 Å². The van der Waals surface area contributed by atoms with Crippen molar-refractivity contribution in [2.75, 3.05) is 12.3 Å². The second-order valence-corrected chi connectivity index (χ2v) is 6.83. The number of hydrogen-bond donors (Lipinski definition) is 2. The summed E-state index contributed by atoms with van der Waals surface area (Å²) in [4.78, 5) is 4.31. The number of nitrogen functional groups attached to an aromatic ring is 1. The Morgan fingerprint density at radius 2 is 2.20 bits per heavy atom. The average molecular weight is 311 g/mol. The van der Waals surface area contributed by atoms with Crippen LogP contribution in [0.25, 0.3) is 0 Å². The summed E-state index contributed by atoms with van der Waals surface area (Å²) in [6.07, 6.45) is 1.36. The lowest BCUT2D eigenvalue weighted by Crippen LogP contribution is -2.26. The van der Waals surface area contributed by atoms with Crippen LogP contribution in [-0.4, -0.2) is 19.9 Å². The highest BCUT2D eigenvalue weighted by molar-refractivity contribution is 7.89. The van der Waals surface area contributed by atoms with Crippen LogP contribution in [0.1, 0.15) is 18.2 Å². The first-order valence-electron chi connectivity index (χ1n) is 6.28. The number of thiazole rings is 1. The van der Waals surface area contributed by atoms with Crippen LogP contribution in [0, 0.1) is 0 Å². The summed E-state index contributed by atoms with van der Waals surface area (Å²) in [7, 11) is -3.52. The SMILES string of the molecule is CCc1ccc(S(=O)(=O)NCCc2cscn2)cc1N. The third-order valence-electron chi connectivity index (χ3n) is 2.97. The Bertz CT molecular complexity index is 667. The van der Waals surface area contributed by atoms with Gasteiger partial charge < -0.3 is 5.73 Å². The van der Waals surface area contributed by atoms with Gasteiger partial charge in [-0.1, -0.05) is 13.0 Å². The van der Waals surface area contributed by atoms with E-state index in [9.17, 15) is 8.42 Å². The first-order valence-corrected chi connectivity index (χ1v) is 8.70. The van der Waals surface area contributed by atoms with Crippen LogP contribution in [0.5, 0.6) is 0 Å². The van der Waals surface area contributed by atoms with E-state index in [-0.39, 0.29) is 4.90 Å². The second kappa shape index (κ2) is 6.34. The van der Waals surface area contributed by atoms with Crippen molar-refractivity contribution in [3.63, 3.8) is 0 Å². The quantitative estimate of drug-likeness (QED) is 0.797. The van der Waals surface area contributed by atoms with Gasteiger partial charge in [0.1, 0.15) is 0 Å². The molecule has 0 saturated carbocycles. The van der Waals surface area contributed by atoms with Gasteiger partial charge in [-0.2, -0.15) is 0 Å². The average Bonchev–Trinajstić information content (AvgIpc) is 2.91.